The molecule has 2 aromatic carbocycles. The lowest BCUT2D eigenvalue weighted by Crippen LogP contribution is -2.09. The van der Waals surface area contributed by atoms with Gasteiger partial charge in [-0.3, -0.25) is 9.56 Å². The summed E-state index contributed by atoms with van der Waals surface area (Å²) in [5, 5.41) is 0. The predicted octanol–water partition coefficient (Wildman–Crippen LogP) is 5.95. The number of halogens is 2. The molecule has 0 N–H and O–H groups in total. The van der Waals surface area contributed by atoms with E-state index in [1.807, 2.05) is 47.9 Å². The zero-order chi connectivity index (χ0) is 19.3. The van der Waals surface area contributed by atoms with Crippen molar-refractivity contribution in [2.45, 2.75) is 13.0 Å². The van der Waals surface area contributed by atoms with Crippen LogP contribution in [0, 0.1) is 5.82 Å². The second-order valence-corrected chi connectivity index (χ2v) is 7.54. The van der Waals surface area contributed by atoms with Crippen LogP contribution in [-0.4, -0.2) is 15.3 Å². The van der Waals surface area contributed by atoms with E-state index in [9.17, 15) is 4.39 Å². The number of benzene rings is 2. The fourth-order valence-corrected chi connectivity index (χ4v) is 4.01. The molecule has 1 aliphatic heterocycles. The molecule has 28 heavy (non-hydrogen) atoms. The molecule has 5 rings (SSSR count). The zero-order valence-corrected chi connectivity index (χ0v) is 16.5. The first kappa shape index (κ1) is 17.1. The maximum Gasteiger partial charge on any atom is 0.154 e. The lowest BCUT2D eigenvalue weighted by atomic mass is 10.00. The molecule has 0 aliphatic carbocycles. The number of furan rings is 1. The van der Waals surface area contributed by atoms with Crippen molar-refractivity contribution in [2.24, 2.45) is 4.99 Å². The van der Waals surface area contributed by atoms with Crippen LogP contribution in [0.5, 0.6) is 0 Å². The fraction of sp³-hybridized carbons (Fsp3) is 0.0909. The highest BCUT2D eigenvalue weighted by molar-refractivity contribution is 9.10. The van der Waals surface area contributed by atoms with Gasteiger partial charge in [-0.2, -0.15) is 0 Å². The van der Waals surface area contributed by atoms with E-state index in [1.54, 1.807) is 24.7 Å². The lowest BCUT2D eigenvalue weighted by Gasteiger charge is -2.12. The van der Waals surface area contributed by atoms with Crippen molar-refractivity contribution in [3.63, 3.8) is 0 Å². The summed E-state index contributed by atoms with van der Waals surface area (Å²) >= 11 is 3.54. The maximum atomic E-state index is 14.7. The van der Waals surface area contributed by atoms with Crippen LogP contribution >= 0.6 is 15.9 Å². The van der Waals surface area contributed by atoms with E-state index in [0.29, 0.717) is 17.0 Å². The molecule has 0 bridgehead atoms. The lowest BCUT2D eigenvalue weighted by molar-refractivity contribution is 0.578. The maximum absolute atomic E-state index is 14.7. The SMILES string of the molecule is C[C@H]1N=C(c2ccccc2F)c2cc(Br)ccc2-n2cnc(-c3ccco3)c21. The van der Waals surface area contributed by atoms with Crippen molar-refractivity contribution in [3.8, 4) is 17.1 Å². The van der Waals surface area contributed by atoms with Gasteiger partial charge in [0.05, 0.1) is 29.4 Å². The number of hydrogen-bond acceptors (Lipinski definition) is 3. The Morgan fingerprint density at radius 1 is 1.07 bits per heavy atom. The van der Waals surface area contributed by atoms with E-state index in [2.05, 4.69) is 20.9 Å². The van der Waals surface area contributed by atoms with E-state index >= 15 is 0 Å². The third kappa shape index (κ3) is 2.64. The Hall–Kier alpha value is -2.99. The van der Waals surface area contributed by atoms with Crippen molar-refractivity contribution in [2.75, 3.05) is 0 Å². The summed E-state index contributed by atoms with van der Waals surface area (Å²) in [5.74, 6) is 0.388. The fourth-order valence-electron chi connectivity index (χ4n) is 3.65. The molecule has 2 aromatic heterocycles. The number of rotatable bonds is 2. The number of aromatic nitrogens is 2. The van der Waals surface area contributed by atoms with E-state index in [-0.39, 0.29) is 11.9 Å². The third-order valence-corrected chi connectivity index (χ3v) is 5.37. The largest absolute Gasteiger partial charge is 0.463 e. The molecule has 0 amide bonds. The molecule has 0 saturated heterocycles. The molecule has 4 nitrogen and oxygen atoms in total. The molecular weight excluding hydrogens is 421 g/mol. The van der Waals surface area contributed by atoms with Crippen molar-refractivity contribution in [1.82, 2.24) is 9.55 Å². The van der Waals surface area contributed by atoms with Gasteiger partial charge in [-0.1, -0.05) is 28.1 Å². The molecule has 0 radical (unpaired) electrons. The van der Waals surface area contributed by atoms with Gasteiger partial charge < -0.3 is 4.42 Å². The Bertz CT molecular complexity index is 1210. The van der Waals surface area contributed by atoms with Crippen LogP contribution in [0.3, 0.4) is 0 Å². The molecule has 0 spiro atoms. The number of fused-ring (bicyclic) bond motifs is 3. The van der Waals surface area contributed by atoms with Crippen LogP contribution < -0.4 is 0 Å². The molecule has 138 valence electrons. The second-order valence-electron chi connectivity index (χ2n) is 6.62. The second kappa shape index (κ2) is 6.56. The minimum absolute atomic E-state index is 0.247. The molecule has 0 fully saturated rings. The van der Waals surface area contributed by atoms with Gasteiger partial charge in [0.1, 0.15) is 17.8 Å². The van der Waals surface area contributed by atoms with Crippen LogP contribution in [0.15, 0.2) is 81.1 Å². The first-order chi connectivity index (χ1) is 13.6. The van der Waals surface area contributed by atoms with Gasteiger partial charge in [-0.25, -0.2) is 9.37 Å². The van der Waals surface area contributed by atoms with Crippen LogP contribution in [0.2, 0.25) is 0 Å². The van der Waals surface area contributed by atoms with E-state index in [0.717, 1.165) is 27.1 Å². The Morgan fingerprint density at radius 3 is 2.71 bits per heavy atom. The van der Waals surface area contributed by atoms with Crippen LogP contribution in [0.4, 0.5) is 4.39 Å². The molecule has 1 atom stereocenters. The first-order valence-electron chi connectivity index (χ1n) is 8.87. The summed E-state index contributed by atoms with van der Waals surface area (Å²) in [4.78, 5) is 9.51. The minimum Gasteiger partial charge on any atom is -0.463 e. The van der Waals surface area contributed by atoms with Gasteiger partial charge in [0.2, 0.25) is 0 Å². The van der Waals surface area contributed by atoms with Crippen LogP contribution in [0.1, 0.15) is 29.8 Å². The van der Waals surface area contributed by atoms with E-state index in [4.69, 9.17) is 9.41 Å². The highest BCUT2D eigenvalue weighted by atomic mass is 79.9. The predicted molar refractivity (Wildman–Crippen MR) is 109 cm³/mol. The summed E-state index contributed by atoms with van der Waals surface area (Å²) in [6, 6.07) is 16.1. The Kier molecular flexibility index (Phi) is 4.02. The van der Waals surface area contributed by atoms with Crippen molar-refractivity contribution >= 4 is 21.6 Å². The number of imidazole rings is 1. The summed E-state index contributed by atoms with van der Waals surface area (Å²) < 4.78 is 23.2. The quantitative estimate of drug-likeness (QED) is 0.390. The molecule has 0 unspecified atom stereocenters. The molecular formula is C22H15BrFN3O. The molecule has 3 heterocycles. The van der Waals surface area contributed by atoms with Crippen LogP contribution in [-0.2, 0) is 0 Å². The van der Waals surface area contributed by atoms with Gasteiger partial charge in [0.25, 0.3) is 0 Å². The van der Waals surface area contributed by atoms with Crippen molar-refractivity contribution in [1.29, 1.82) is 0 Å². The standard InChI is InChI=1S/C22H15BrFN3O/c1-13-22-21(19-7-4-10-28-19)25-12-27(22)18-9-8-14(23)11-16(18)20(26-13)15-5-2-3-6-17(15)24/h2-13H,1H3/t13-/m1/s1. The van der Waals surface area contributed by atoms with Crippen LogP contribution in [0.25, 0.3) is 17.1 Å². The van der Waals surface area contributed by atoms with Gasteiger partial charge in [0, 0.05) is 15.6 Å². The molecule has 0 saturated carbocycles. The third-order valence-electron chi connectivity index (χ3n) is 4.88. The van der Waals surface area contributed by atoms with E-state index in [1.165, 1.54) is 6.07 Å². The van der Waals surface area contributed by atoms with Gasteiger partial charge in [-0.15, -0.1) is 0 Å². The Balaban J connectivity index is 1.82. The number of hydrogen-bond donors (Lipinski definition) is 0. The summed E-state index contributed by atoms with van der Waals surface area (Å²) in [5.41, 5.74) is 4.49. The summed E-state index contributed by atoms with van der Waals surface area (Å²) in [6.07, 6.45) is 3.40. The average Bonchev–Trinajstić information content (AvgIpc) is 3.34. The monoisotopic (exact) mass is 435 g/mol. The Morgan fingerprint density at radius 2 is 1.93 bits per heavy atom. The Labute approximate surface area is 169 Å². The smallest absolute Gasteiger partial charge is 0.154 e. The van der Waals surface area contributed by atoms with Crippen molar-refractivity contribution < 1.29 is 8.81 Å². The summed E-state index contributed by atoms with van der Waals surface area (Å²) in [6.45, 7) is 1.99. The van der Waals surface area contributed by atoms with Gasteiger partial charge >= 0.3 is 0 Å². The zero-order valence-electron chi connectivity index (χ0n) is 14.9. The number of nitrogens with zero attached hydrogens (tertiary/aromatic N) is 3. The molecule has 6 heteroatoms. The highest BCUT2D eigenvalue weighted by Crippen LogP contribution is 2.37. The van der Waals surface area contributed by atoms with Gasteiger partial charge in [-0.05, 0) is 49.4 Å². The molecule has 4 aromatic rings. The minimum atomic E-state index is -0.296. The van der Waals surface area contributed by atoms with E-state index < -0.39 is 0 Å². The first-order valence-corrected chi connectivity index (χ1v) is 9.67. The molecule has 1 aliphatic rings. The van der Waals surface area contributed by atoms with Gasteiger partial charge in [0.15, 0.2) is 5.76 Å². The number of aliphatic imine (C=N–C) groups is 1. The van der Waals surface area contributed by atoms with Crippen molar-refractivity contribution in [3.05, 3.63) is 94.3 Å². The normalized spacial score (nSPS) is 15.5. The summed E-state index contributed by atoms with van der Waals surface area (Å²) in [7, 11) is 0. The topological polar surface area (TPSA) is 43.3 Å². The highest BCUT2D eigenvalue weighted by Gasteiger charge is 2.28. The average molecular weight is 436 g/mol.